The number of fused-ring (bicyclic) bond motifs is 2. The van der Waals surface area contributed by atoms with Crippen LogP contribution in [0.3, 0.4) is 0 Å². The van der Waals surface area contributed by atoms with Crippen molar-refractivity contribution < 1.29 is 4.42 Å². The summed E-state index contributed by atoms with van der Waals surface area (Å²) in [6.07, 6.45) is 2.32. The van der Waals surface area contributed by atoms with E-state index in [1.54, 1.807) is 6.07 Å². The molecule has 6 heteroatoms. The molecule has 1 aliphatic rings. The molecule has 1 atom stereocenters. The van der Waals surface area contributed by atoms with Gasteiger partial charge in [-0.25, -0.2) is 9.48 Å². The van der Waals surface area contributed by atoms with Crippen LogP contribution in [0.5, 0.6) is 0 Å². The minimum atomic E-state index is -0.420. The number of nitrogens with zero attached hydrogens (tertiary/aromatic N) is 2. The van der Waals surface area contributed by atoms with Gasteiger partial charge in [0.1, 0.15) is 5.58 Å². The molecule has 146 valence electrons. The molecule has 3 aromatic rings. The maximum Gasteiger partial charge on any atom is 0.336 e. The zero-order chi connectivity index (χ0) is 20.0. The largest absolute Gasteiger partial charge is 0.423 e. The van der Waals surface area contributed by atoms with E-state index in [-0.39, 0.29) is 18.1 Å². The van der Waals surface area contributed by atoms with Crippen molar-refractivity contribution in [3.63, 3.8) is 0 Å². The Labute approximate surface area is 163 Å². The fourth-order valence-electron chi connectivity index (χ4n) is 4.08. The average Bonchev–Trinajstić information content (AvgIpc) is 2.61. The van der Waals surface area contributed by atoms with Crippen LogP contribution in [0.25, 0.3) is 11.0 Å². The van der Waals surface area contributed by atoms with Gasteiger partial charge in [0.15, 0.2) is 0 Å². The number of aromatic nitrogens is 2. The molecule has 0 bridgehead atoms. The van der Waals surface area contributed by atoms with E-state index in [2.05, 4.69) is 25.0 Å². The predicted octanol–water partition coefficient (Wildman–Crippen LogP) is 2.65. The second kappa shape index (κ2) is 7.02. The lowest BCUT2D eigenvalue weighted by Gasteiger charge is -2.21. The highest BCUT2D eigenvalue weighted by atomic mass is 16.4. The highest BCUT2D eigenvalue weighted by Crippen LogP contribution is 2.27. The molecule has 0 amide bonds. The molecule has 0 saturated heterocycles. The maximum absolute atomic E-state index is 12.6. The molecule has 0 saturated carbocycles. The Morgan fingerprint density at radius 2 is 2.04 bits per heavy atom. The lowest BCUT2D eigenvalue weighted by molar-refractivity contribution is 0.526. The number of hydrogen-bond donors (Lipinski definition) is 1. The van der Waals surface area contributed by atoms with Gasteiger partial charge in [0.25, 0.3) is 5.56 Å². The summed E-state index contributed by atoms with van der Waals surface area (Å²) in [4.78, 5) is 24.7. The van der Waals surface area contributed by atoms with Gasteiger partial charge in [0.2, 0.25) is 0 Å². The Bertz CT molecular complexity index is 1170. The van der Waals surface area contributed by atoms with Crippen molar-refractivity contribution in [3.8, 4) is 0 Å². The lowest BCUT2D eigenvalue weighted by Crippen LogP contribution is -2.33. The second-order valence-electron chi connectivity index (χ2n) is 8.07. The Morgan fingerprint density at radius 3 is 2.79 bits per heavy atom. The van der Waals surface area contributed by atoms with Crippen molar-refractivity contribution in [3.05, 3.63) is 73.0 Å². The smallest absolute Gasteiger partial charge is 0.336 e. The molecule has 6 nitrogen and oxygen atoms in total. The summed E-state index contributed by atoms with van der Waals surface area (Å²) in [6, 6.07) is 7.16. The SMILES string of the molecule is Cc1cc2oc(=O)cc(Cn3nc4c(cc3=O)CC(N)CC4)c2cc1C(C)C. The van der Waals surface area contributed by atoms with E-state index < -0.39 is 5.63 Å². The standard InChI is InChI=1S/C22H25N3O3/c1-12(2)17-10-18-15(9-22(27)28-20(18)6-13(17)3)11-25-21(26)8-14-7-16(23)4-5-19(14)24-25/h6,8-10,12,16H,4-5,7,11,23H2,1-3H3. The molecular weight excluding hydrogens is 354 g/mol. The number of hydrogen-bond acceptors (Lipinski definition) is 5. The van der Waals surface area contributed by atoms with Gasteiger partial charge in [-0.2, -0.15) is 5.10 Å². The summed E-state index contributed by atoms with van der Waals surface area (Å²) in [6.45, 7) is 6.52. The van der Waals surface area contributed by atoms with Crippen molar-refractivity contribution in [1.82, 2.24) is 9.78 Å². The van der Waals surface area contributed by atoms with Gasteiger partial charge in [-0.05, 0) is 66.5 Å². The fourth-order valence-corrected chi connectivity index (χ4v) is 4.08. The molecule has 1 aliphatic carbocycles. The topological polar surface area (TPSA) is 91.1 Å². The van der Waals surface area contributed by atoms with Crippen LogP contribution in [0, 0.1) is 6.92 Å². The van der Waals surface area contributed by atoms with Crippen LogP contribution >= 0.6 is 0 Å². The van der Waals surface area contributed by atoms with Crippen LogP contribution in [0.2, 0.25) is 0 Å². The van der Waals surface area contributed by atoms with Crippen molar-refractivity contribution >= 4 is 11.0 Å². The number of nitrogens with two attached hydrogens (primary N) is 1. The van der Waals surface area contributed by atoms with Crippen LogP contribution in [0.15, 0.2) is 38.3 Å². The minimum Gasteiger partial charge on any atom is -0.423 e. The Balaban J connectivity index is 1.83. The van der Waals surface area contributed by atoms with Crippen molar-refractivity contribution in [2.24, 2.45) is 5.73 Å². The van der Waals surface area contributed by atoms with Gasteiger partial charge in [0.05, 0.1) is 12.2 Å². The van der Waals surface area contributed by atoms with Gasteiger partial charge in [-0.3, -0.25) is 4.79 Å². The molecule has 1 aromatic carbocycles. The van der Waals surface area contributed by atoms with Crippen LogP contribution in [-0.4, -0.2) is 15.8 Å². The molecular formula is C22H25N3O3. The van der Waals surface area contributed by atoms with Crippen molar-refractivity contribution in [2.45, 2.75) is 58.5 Å². The lowest BCUT2D eigenvalue weighted by atomic mass is 9.93. The summed E-state index contributed by atoms with van der Waals surface area (Å²) in [5.41, 5.74) is 10.8. The van der Waals surface area contributed by atoms with Crippen molar-refractivity contribution in [2.75, 3.05) is 0 Å². The first kappa shape index (κ1) is 18.6. The first-order valence-electron chi connectivity index (χ1n) is 9.74. The van der Waals surface area contributed by atoms with Crippen LogP contribution in [-0.2, 0) is 19.4 Å². The summed E-state index contributed by atoms with van der Waals surface area (Å²) >= 11 is 0. The first-order chi connectivity index (χ1) is 13.3. The Hall–Kier alpha value is -2.73. The molecule has 2 aromatic heterocycles. The summed E-state index contributed by atoms with van der Waals surface area (Å²) in [5.74, 6) is 0.345. The second-order valence-corrected chi connectivity index (χ2v) is 8.07. The van der Waals surface area contributed by atoms with E-state index in [0.717, 1.165) is 40.6 Å². The van der Waals surface area contributed by atoms with Gasteiger partial charge in [-0.1, -0.05) is 13.8 Å². The fraction of sp³-hybridized carbons (Fsp3) is 0.409. The zero-order valence-corrected chi connectivity index (χ0v) is 16.5. The monoisotopic (exact) mass is 379 g/mol. The number of aryl methyl sites for hydroxylation is 2. The third kappa shape index (κ3) is 3.40. The molecule has 2 heterocycles. The highest BCUT2D eigenvalue weighted by molar-refractivity contribution is 5.82. The molecule has 1 unspecified atom stereocenters. The molecule has 0 radical (unpaired) electrons. The zero-order valence-electron chi connectivity index (χ0n) is 16.5. The predicted molar refractivity (Wildman–Crippen MR) is 109 cm³/mol. The molecule has 4 rings (SSSR count). The normalized spacial score (nSPS) is 16.5. The summed E-state index contributed by atoms with van der Waals surface area (Å²) in [7, 11) is 0. The number of rotatable bonds is 3. The van der Waals surface area contributed by atoms with E-state index in [9.17, 15) is 9.59 Å². The van der Waals surface area contributed by atoms with Crippen LogP contribution < -0.4 is 16.9 Å². The quantitative estimate of drug-likeness (QED) is 0.707. The maximum atomic E-state index is 12.6. The first-order valence-corrected chi connectivity index (χ1v) is 9.74. The van der Waals surface area contributed by atoms with E-state index >= 15 is 0 Å². The third-order valence-corrected chi connectivity index (χ3v) is 5.56. The third-order valence-electron chi connectivity index (χ3n) is 5.56. The average molecular weight is 379 g/mol. The molecule has 2 N–H and O–H groups in total. The molecule has 0 fully saturated rings. The van der Waals surface area contributed by atoms with Gasteiger partial charge >= 0.3 is 5.63 Å². The van der Waals surface area contributed by atoms with E-state index in [1.807, 2.05) is 13.0 Å². The summed E-state index contributed by atoms with van der Waals surface area (Å²) < 4.78 is 6.85. The van der Waals surface area contributed by atoms with Gasteiger partial charge in [0, 0.05) is 23.6 Å². The van der Waals surface area contributed by atoms with Gasteiger partial charge < -0.3 is 10.2 Å². The van der Waals surface area contributed by atoms with E-state index in [4.69, 9.17) is 10.2 Å². The Kier molecular flexibility index (Phi) is 4.67. The van der Waals surface area contributed by atoms with Crippen LogP contribution in [0.1, 0.15) is 54.1 Å². The van der Waals surface area contributed by atoms with E-state index in [1.165, 1.54) is 16.3 Å². The minimum absolute atomic E-state index is 0.0879. The Morgan fingerprint density at radius 1 is 1.25 bits per heavy atom. The molecule has 28 heavy (non-hydrogen) atoms. The van der Waals surface area contributed by atoms with Crippen LogP contribution in [0.4, 0.5) is 0 Å². The summed E-state index contributed by atoms with van der Waals surface area (Å²) in [5, 5.41) is 5.42. The van der Waals surface area contributed by atoms with Gasteiger partial charge in [-0.15, -0.1) is 0 Å². The molecule has 0 spiro atoms. The molecule has 0 aliphatic heterocycles. The van der Waals surface area contributed by atoms with E-state index in [0.29, 0.717) is 17.9 Å². The number of benzene rings is 1. The van der Waals surface area contributed by atoms with Crippen molar-refractivity contribution in [1.29, 1.82) is 0 Å². The highest BCUT2D eigenvalue weighted by Gasteiger charge is 2.19.